The third-order valence-electron chi connectivity index (χ3n) is 9.19. The molecule has 5 rings (SSSR count). The molecule has 3 aromatic rings. The maximum atomic E-state index is 13.9. The van der Waals surface area contributed by atoms with Gasteiger partial charge < -0.3 is 14.7 Å². The number of piperazine rings is 1. The van der Waals surface area contributed by atoms with Crippen LogP contribution in [0, 0.1) is 0 Å². The summed E-state index contributed by atoms with van der Waals surface area (Å²) in [6.07, 6.45) is 2.81. The first-order valence-electron chi connectivity index (χ1n) is 16.0. The summed E-state index contributed by atoms with van der Waals surface area (Å²) in [6.45, 7) is 14.5. The summed E-state index contributed by atoms with van der Waals surface area (Å²) in [5.74, 6) is -0.0665. The Balaban J connectivity index is 1.35. The molecule has 0 aliphatic carbocycles. The van der Waals surface area contributed by atoms with Gasteiger partial charge in [0.1, 0.15) is 5.75 Å². The highest BCUT2D eigenvalue weighted by Crippen LogP contribution is 2.35. The molecule has 0 saturated carbocycles. The summed E-state index contributed by atoms with van der Waals surface area (Å²) in [5.41, 5.74) is 4.24. The van der Waals surface area contributed by atoms with E-state index in [4.69, 9.17) is 4.74 Å². The van der Waals surface area contributed by atoms with Gasteiger partial charge >= 0.3 is 5.97 Å². The number of rotatable bonds is 9. The summed E-state index contributed by atoms with van der Waals surface area (Å²) in [4.78, 5) is 35.4. The van der Waals surface area contributed by atoms with E-state index >= 15 is 0 Å². The SMILES string of the molecule is C=CCN1C[C@H](C)N([C@@H](c2cccc(O)c2)c2cccc(C(=O)N3CCCN(Cc4ccccc4C(=O)OC)CC3)c2)C[C@H]1C. The molecule has 0 bridgehead atoms. The Morgan fingerprint density at radius 2 is 1.69 bits per heavy atom. The van der Waals surface area contributed by atoms with E-state index in [1.165, 1.54) is 7.11 Å². The van der Waals surface area contributed by atoms with Crippen LogP contribution in [0.1, 0.15) is 63.7 Å². The van der Waals surface area contributed by atoms with Gasteiger partial charge in [-0.15, -0.1) is 6.58 Å². The van der Waals surface area contributed by atoms with Gasteiger partial charge in [0.2, 0.25) is 0 Å². The molecule has 2 aliphatic heterocycles. The molecule has 1 N–H and O–H groups in total. The lowest BCUT2D eigenvalue weighted by atomic mass is 9.92. The highest BCUT2D eigenvalue weighted by atomic mass is 16.5. The van der Waals surface area contributed by atoms with Crippen molar-refractivity contribution in [1.29, 1.82) is 0 Å². The topological polar surface area (TPSA) is 76.6 Å². The number of ether oxygens (including phenoxy) is 1. The fraction of sp³-hybridized carbons (Fsp3) is 0.405. The van der Waals surface area contributed by atoms with Crippen molar-refractivity contribution < 1.29 is 19.4 Å². The number of carbonyl (C=O) groups is 2. The largest absolute Gasteiger partial charge is 0.508 e. The summed E-state index contributed by atoms with van der Waals surface area (Å²) < 4.78 is 4.98. The lowest BCUT2D eigenvalue weighted by Gasteiger charge is -2.47. The molecule has 3 atom stereocenters. The van der Waals surface area contributed by atoms with Crippen molar-refractivity contribution in [3.63, 3.8) is 0 Å². The van der Waals surface area contributed by atoms with E-state index in [2.05, 4.69) is 47.3 Å². The predicted octanol–water partition coefficient (Wildman–Crippen LogP) is 5.20. The molecule has 0 aromatic heterocycles. The quantitative estimate of drug-likeness (QED) is 0.264. The minimum absolute atomic E-state index is 0.0283. The van der Waals surface area contributed by atoms with Crippen LogP contribution in [0.2, 0.25) is 0 Å². The van der Waals surface area contributed by atoms with Gasteiger partial charge in [-0.05, 0) is 67.3 Å². The van der Waals surface area contributed by atoms with Crippen LogP contribution in [0.5, 0.6) is 5.75 Å². The molecular formula is C37H46N4O4. The van der Waals surface area contributed by atoms with E-state index in [9.17, 15) is 14.7 Å². The predicted molar refractivity (Wildman–Crippen MR) is 177 cm³/mol. The summed E-state index contributed by atoms with van der Waals surface area (Å²) >= 11 is 0. The summed E-state index contributed by atoms with van der Waals surface area (Å²) in [7, 11) is 1.40. The lowest BCUT2D eigenvalue weighted by molar-refractivity contribution is 0.0306. The number of benzene rings is 3. The minimum Gasteiger partial charge on any atom is -0.508 e. The number of phenols is 1. The van der Waals surface area contributed by atoms with Crippen LogP contribution in [-0.4, -0.2) is 102 Å². The van der Waals surface area contributed by atoms with Crippen LogP contribution in [-0.2, 0) is 11.3 Å². The number of phenolic OH excluding ortho intramolecular Hbond substituents is 1. The molecule has 2 saturated heterocycles. The minimum atomic E-state index is -0.330. The first-order valence-corrected chi connectivity index (χ1v) is 16.0. The van der Waals surface area contributed by atoms with Gasteiger partial charge in [-0.3, -0.25) is 19.5 Å². The monoisotopic (exact) mass is 610 g/mol. The van der Waals surface area contributed by atoms with Gasteiger partial charge in [-0.2, -0.15) is 0 Å². The Kier molecular flexibility index (Phi) is 10.7. The first-order chi connectivity index (χ1) is 21.8. The Morgan fingerprint density at radius 1 is 0.933 bits per heavy atom. The molecular weight excluding hydrogens is 564 g/mol. The first kappa shape index (κ1) is 32.4. The van der Waals surface area contributed by atoms with Gasteiger partial charge in [-0.1, -0.05) is 48.5 Å². The Hall–Kier alpha value is -3.98. The molecule has 2 fully saturated rings. The van der Waals surface area contributed by atoms with Gasteiger partial charge in [0.05, 0.1) is 18.7 Å². The Morgan fingerprint density at radius 3 is 2.44 bits per heavy atom. The van der Waals surface area contributed by atoms with Crippen molar-refractivity contribution in [2.24, 2.45) is 0 Å². The fourth-order valence-electron chi connectivity index (χ4n) is 6.84. The highest BCUT2D eigenvalue weighted by Gasteiger charge is 2.35. The van der Waals surface area contributed by atoms with Crippen LogP contribution in [0.15, 0.2) is 85.5 Å². The standard InChI is InChI=1S/C37H46N4O4/c1-5-17-40-24-28(3)41(25-27(40)2)35(30-13-9-15-33(42)23-30)29-12-8-14-31(22-29)36(43)39-19-10-18-38(20-21-39)26-32-11-6-7-16-34(32)37(44)45-4/h5-9,11-16,22-23,27-28,35,42H,1,10,17-21,24-26H2,2-4H3/t27-,28+,35-/m1/s1. The van der Waals surface area contributed by atoms with Crippen LogP contribution in [0.4, 0.5) is 0 Å². The molecule has 0 radical (unpaired) electrons. The molecule has 0 spiro atoms. The smallest absolute Gasteiger partial charge is 0.338 e. The summed E-state index contributed by atoms with van der Waals surface area (Å²) in [6, 6.07) is 23.6. The van der Waals surface area contributed by atoms with Crippen molar-refractivity contribution >= 4 is 11.9 Å². The number of hydrogen-bond donors (Lipinski definition) is 1. The van der Waals surface area contributed by atoms with Crippen molar-refractivity contribution in [3.05, 3.63) is 113 Å². The average molecular weight is 611 g/mol. The van der Waals surface area contributed by atoms with Crippen LogP contribution in [0.3, 0.4) is 0 Å². The van der Waals surface area contributed by atoms with Crippen molar-refractivity contribution in [2.75, 3.05) is 52.9 Å². The van der Waals surface area contributed by atoms with E-state index < -0.39 is 0 Å². The maximum absolute atomic E-state index is 13.9. The van der Waals surface area contributed by atoms with Crippen LogP contribution >= 0.6 is 0 Å². The summed E-state index contributed by atoms with van der Waals surface area (Å²) in [5, 5.41) is 10.4. The van der Waals surface area contributed by atoms with E-state index in [-0.39, 0.29) is 29.7 Å². The molecule has 45 heavy (non-hydrogen) atoms. The van der Waals surface area contributed by atoms with E-state index in [0.717, 1.165) is 55.8 Å². The second kappa shape index (κ2) is 14.9. The van der Waals surface area contributed by atoms with Crippen LogP contribution < -0.4 is 0 Å². The van der Waals surface area contributed by atoms with E-state index in [1.54, 1.807) is 12.1 Å². The zero-order chi connectivity index (χ0) is 31.9. The maximum Gasteiger partial charge on any atom is 0.338 e. The molecule has 2 heterocycles. The van der Waals surface area contributed by atoms with E-state index in [1.807, 2.05) is 59.5 Å². The number of esters is 1. The number of methoxy groups -OCH3 is 1. The molecule has 0 unspecified atom stereocenters. The van der Waals surface area contributed by atoms with Gasteiger partial charge in [0.25, 0.3) is 5.91 Å². The van der Waals surface area contributed by atoms with Gasteiger partial charge in [0.15, 0.2) is 0 Å². The van der Waals surface area contributed by atoms with Crippen molar-refractivity contribution in [2.45, 2.75) is 44.9 Å². The fourth-order valence-corrected chi connectivity index (χ4v) is 6.84. The van der Waals surface area contributed by atoms with E-state index in [0.29, 0.717) is 36.8 Å². The highest BCUT2D eigenvalue weighted by molar-refractivity contribution is 5.94. The molecule has 2 aliphatic rings. The number of amides is 1. The lowest BCUT2D eigenvalue weighted by Crippen LogP contribution is -2.57. The van der Waals surface area contributed by atoms with Crippen LogP contribution in [0.25, 0.3) is 0 Å². The molecule has 3 aromatic carbocycles. The molecule has 8 heteroatoms. The zero-order valence-electron chi connectivity index (χ0n) is 26.8. The Labute approximate surface area is 267 Å². The van der Waals surface area contributed by atoms with Gasteiger partial charge in [0, 0.05) is 70.0 Å². The third kappa shape index (κ3) is 7.64. The molecule has 1 amide bonds. The molecule has 8 nitrogen and oxygen atoms in total. The van der Waals surface area contributed by atoms with Crippen molar-refractivity contribution in [3.8, 4) is 5.75 Å². The number of carbonyl (C=O) groups excluding carboxylic acids is 2. The number of hydrogen-bond acceptors (Lipinski definition) is 7. The van der Waals surface area contributed by atoms with Gasteiger partial charge in [-0.25, -0.2) is 4.79 Å². The molecule has 238 valence electrons. The number of aromatic hydroxyl groups is 1. The Bertz CT molecular complexity index is 1490. The third-order valence-corrected chi connectivity index (χ3v) is 9.19. The second-order valence-corrected chi connectivity index (χ2v) is 12.3. The number of nitrogens with zero attached hydrogens (tertiary/aromatic N) is 4. The van der Waals surface area contributed by atoms with Crippen molar-refractivity contribution in [1.82, 2.24) is 19.6 Å². The zero-order valence-corrected chi connectivity index (χ0v) is 26.8. The second-order valence-electron chi connectivity index (χ2n) is 12.3. The average Bonchev–Trinajstić information content (AvgIpc) is 3.29. The normalized spacial score (nSPS) is 20.7.